The van der Waals surface area contributed by atoms with Crippen LogP contribution in [0.15, 0.2) is 60.7 Å². The smallest absolute Gasteiger partial charge is 0.261 e. The number of unbranched alkanes of at least 4 members (excludes halogenated alkanes) is 6. The Hall–Kier alpha value is -1.46. The molecule has 1 aliphatic heterocycles. The molecule has 2 aromatic carbocycles. The standard InChI is InChI=1S/C23H35NOSi.C8H18.C4H8O/c1-6-24(5)19-13-14-20-25-26(23(2,3)4,21-15-9-7-10-16-21)22-17-11-8-12-18-22;1-3-5-7-8-6-4-2;1-2-4-5-3-1/h7-12,15-18H,6,13-14,19-20H2,1-5H3;3-8H2,1-2H3;1-4H2. The van der Waals surface area contributed by atoms with Crippen LogP contribution in [0.1, 0.15) is 106 Å². The second-order valence-corrected chi connectivity index (χ2v) is 16.2. The fourth-order valence-corrected chi connectivity index (χ4v) is 9.60. The second-order valence-electron chi connectivity index (χ2n) is 11.8. The SMILES string of the molecule is C1CCOC1.CCCCCCCC.CCN(C)CCCCO[Si](c1ccccc1)(c1ccccc1)C(C)(C)C. The van der Waals surface area contributed by atoms with Gasteiger partial charge in [-0.25, -0.2) is 0 Å². The molecule has 0 aromatic heterocycles. The maximum Gasteiger partial charge on any atom is 0.261 e. The molecular weight excluding hydrogens is 494 g/mol. The Labute approximate surface area is 243 Å². The van der Waals surface area contributed by atoms with Crippen LogP contribution in [0.3, 0.4) is 0 Å². The Morgan fingerprint density at radius 1 is 0.718 bits per heavy atom. The third-order valence-corrected chi connectivity index (χ3v) is 12.5. The van der Waals surface area contributed by atoms with Crippen molar-refractivity contribution in [2.24, 2.45) is 0 Å². The van der Waals surface area contributed by atoms with Crippen LogP contribution in [-0.2, 0) is 9.16 Å². The van der Waals surface area contributed by atoms with E-state index in [-0.39, 0.29) is 5.04 Å². The van der Waals surface area contributed by atoms with E-state index in [4.69, 9.17) is 9.16 Å². The molecule has 0 N–H and O–H groups in total. The zero-order chi connectivity index (χ0) is 28.8. The Bertz CT molecular complexity index is 749. The molecule has 0 saturated carbocycles. The second kappa shape index (κ2) is 21.3. The summed E-state index contributed by atoms with van der Waals surface area (Å²) in [6, 6.07) is 21.8. The van der Waals surface area contributed by atoms with Crippen molar-refractivity contribution in [2.75, 3.05) is 40.0 Å². The van der Waals surface area contributed by atoms with Crippen molar-refractivity contribution in [1.82, 2.24) is 4.90 Å². The predicted octanol–water partition coefficient (Wildman–Crippen LogP) is 8.46. The molecule has 3 rings (SSSR count). The molecule has 39 heavy (non-hydrogen) atoms. The third-order valence-electron chi connectivity index (χ3n) is 7.49. The highest BCUT2D eigenvalue weighted by molar-refractivity contribution is 6.99. The van der Waals surface area contributed by atoms with Crippen molar-refractivity contribution < 1.29 is 9.16 Å². The fraction of sp³-hybridized carbons (Fsp3) is 0.657. The van der Waals surface area contributed by atoms with Crippen LogP contribution >= 0.6 is 0 Å². The van der Waals surface area contributed by atoms with E-state index < -0.39 is 8.32 Å². The van der Waals surface area contributed by atoms with E-state index in [9.17, 15) is 0 Å². The monoisotopic (exact) mass is 555 g/mol. The van der Waals surface area contributed by atoms with Crippen LogP contribution in [0.4, 0.5) is 0 Å². The van der Waals surface area contributed by atoms with Gasteiger partial charge in [-0.1, -0.05) is 141 Å². The lowest BCUT2D eigenvalue weighted by Gasteiger charge is -2.43. The maximum absolute atomic E-state index is 6.90. The Kier molecular flexibility index (Phi) is 19.4. The number of ether oxygens (including phenoxy) is 1. The first-order valence-electron chi connectivity index (χ1n) is 15.8. The van der Waals surface area contributed by atoms with E-state index in [0.29, 0.717) is 0 Å². The van der Waals surface area contributed by atoms with Gasteiger partial charge in [0.25, 0.3) is 8.32 Å². The summed E-state index contributed by atoms with van der Waals surface area (Å²) in [6.45, 7) is 18.8. The molecular formula is C35H61NO2Si. The van der Waals surface area contributed by atoms with Crippen LogP contribution < -0.4 is 10.4 Å². The van der Waals surface area contributed by atoms with Crippen LogP contribution in [0.25, 0.3) is 0 Å². The molecule has 4 heteroatoms. The Morgan fingerprint density at radius 3 is 1.56 bits per heavy atom. The normalized spacial score (nSPS) is 13.4. The summed E-state index contributed by atoms with van der Waals surface area (Å²) in [6.07, 6.45) is 13.3. The molecule has 0 amide bonds. The number of hydrogen-bond donors (Lipinski definition) is 0. The van der Waals surface area contributed by atoms with Gasteiger partial charge in [0.1, 0.15) is 0 Å². The number of hydrogen-bond acceptors (Lipinski definition) is 3. The first kappa shape index (κ1) is 35.6. The summed E-state index contributed by atoms with van der Waals surface area (Å²) in [7, 11) is -0.165. The quantitative estimate of drug-likeness (QED) is 0.172. The Morgan fingerprint density at radius 2 is 1.21 bits per heavy atom. The molecule has 0 unspecified atom stereocenters. The molecule has 0 radical (unpaired) electrons. The van der Waals surface area contributed by atoms with Crippen molar-refractivity contribution in [2.45, 2.75) is 111 Å². The first-order chi connectivity index (χ1) is 18.8. The van der Waals surface area contributed by atoms with Gasteiger partial charge >= 0.3 is 0 Å². The van der Waals surface area contributed by atoms with E-state index in [0.717, 1.165) is 39.3 Å². The summed E-state index contributed by atoms with van der Waals surface area (Å²) in [5, 5.41) is 2.80. The van der Waals surface area contributed by atoms with Gasteiger partial charge in [0, 0.05) is 19.8 Å². The van der Waals surface area contributed by atoms with Gasteiger partial charge in [0.2, 0.25) is 0 Å². The summed E-state index contributed by atoms with van der Waals surface area (Å²) >= 11 is 0. The fourth-order valence-electron chi connectivity index (χ4n) is 4.99. The van der Waals surface area contributed by atoms with Crippen molar-refractivity contribution in [1.29, 1.82) is 0 Å². The molecule has 3 nitrogen and oxygen atoms in total. The average molecular weight is 556 g/mol. The summed E-state index contributed by atoms with van der Waals surface area (Å²) in [5.74, 6) is 0. The predicted molar refractivity (Wildman–Crippen MR) is 175 cm³/mol. The van der Waals surface area contributed by atoms with Crippen molar-refractivity contribution in [3.8, 4) is 0 Å². The average Bonchev–Trinajstić information content (AvgIpc) is 3.54. The lowest BCUT2D eigenvalue weighted by atomic mass is 10.1. The van der Waals surface area contributed by atoms with Crippen molar-refractivity contribution in [3.63, 3.8) is 0 Å². The maximum atomic E-state index is 6.90. The van der Waals surface area contributed by atoms with E-state index in [1.54, 1.807) is 0 Å². The highest BCUT2D eigenvalue weighted by Crippen LogP contribution is 2.36. The summed E-state index contributed by atoms with van der Waals surface area (Å²) in [4.78, 5) is 2.36. The van der Waals surface area contributed by atoms with Gasteiger partial charge in [-0.2, -0.15) is 0 Å². The van der Waals surface area contributed by atoms with E-state index in [1.165, 1.54) is 68.2 Å². The molecule has 0 spiro atoms. The highest BCUT2D eigenvalue weighted by Gasteiger charge is 2.49. The number of nitrogens with zero attached hydrogens (tertiary/aromatic N) is 1. The molecule has 1 aliphatic rings. The van der Waals surface area contributed by atoms with Crippen LogP contribution in [0.5, 0.6) is 0 Å². The molecule has 2 aromatic rings. The molecule has 1 heterocycles. The Balaban J connectivity index is 0.000000478. The van der Waals surface area contributed by atoms with Gasteiger partial charge in [-0.05, 0) is 61.2 Å². The van der Waals surface area contributed by atoms with Crippen LogP contribution in [0, 0.1) is 0 Å². The minimum atomic E-state index is -2.35. The van der Waals surface area contributed by atoms with Crippen molar-refractivity contribution >= 4 is 18.7 Å². The molecule has 0 bridgehead atoms. The van der Waals surface area contributed by atoms with Crippen molar-refractivity contribution in [3.05, 3.63) is 60.7 Å². The lowest BCUT2D eigenvalue weighted by molar-refractivity contribution is 0.198. The first-order valence-corrected chi connectivity index (χ1v) is 17.8. The molecule has 1 fully saturated rings. The number of rotatable bonds is 14. The third kappa shape index (κ3) is 13.6. The minimum Gasteiger partial charge on any atom is -0.407 e. The topological polar surface area (TPSA) is 21.7 Å². The molecule has 222 valence electrons. The van der Waals surface area contributed by atoms with Crippen LogP contribution in [0.2, 0.25) is 5.04 Å². The summed E-state index contributed by atoms with van der Waals surface area (Å²) in [5.41, 5.74) is 0. The zero-order valence-electron chi connectivity index (χ0n) is 26.6. The highest BCUT2D eigenvalue weighted by atomic mass is 28.4. The minimum absolute atomic E-state index is 0.0654. The number of benzene rings is 2. The van der Waals surface area contributed by atoms with E-state index >= 15 is 0 Å². The zero-order valence-corrected chi connectivity index (χ0v) is 27.6. The molecule has 0 atom stereocenters. The van der Waals surface area contributed by atoms with Gasteiger partial charge < -0.3 is 14.1 Å². The summed E-state index contributed by atoms with van der Waals surface area (Å²) < 4.78 is 11.8. The van der Waals surface area contributed by atoms with Gasteiger partial charge in [0.15, 0.2) is 0 Å². The van der Waals surface area contributed by atoms with Crippen LogP contribution in [-0.4, -0.2) is 53.2 Å². The van der Waals surface area contributed by atoms with Gasteiger partial charge in [-0.3, -0.25) is 0 Å². The largest absolute Gasteiger partial charge is 0.407 e. The van der Waals surface area contributed by atoms with Gasteiger partial charge in [-0.15, -0.1) is 0 Å². The van der Waals surface area contributed by atoms with E-state index in [1.807, 2.05) is 0 Å². The van der Waals surface area contributed by atoms with E-state index in [2.05, 4.69) is 114 Å². The molecule has 1 saturated heterocycles. The lowest BCUT2D eigenvalue weighted by Crippen LogP contribution is -2.66. The molecule has 0 aliphatic carbocycles. The van der Waals surface area contributed by atoms with Gasteiger partial charge in [0.05, 0.1) is 0 Å².